The van der Waals surface area contributed by atoms with Gasteiger partial charge in [0.25, 0.3) is 0 Å². The number of nitriles is 1. The van der Waals surface area contributed by atoms with E-state index in [1.807, 2.05) is 24.3 Å². The van der Waals surface area contributed by atoms with Crippen LogP contribution in [0.3, 0.4) is 0 Å². The minimum absolute atomic E-state index is 0.00207. The van der Waals surface area contributed by atoms with Crippen molar-refractivity contribution in [2.75, 3.05) is 6.61 Å². The molecule has 3 nitrogen and oxygen atoms in total. The van der Waals surface area contributed by atoms with Crippen LogP contribution in [0.25, 0.3) is 11.1 Å². The van der Waals surface area contributed by atoms with Gasteiger partial charge in [-0.3, -0.25) is 5.32 Å². The Hall–Kier alpha value is -2.22. The maximum absolute atomic E-state index is 13.8. The average Bonchev–Trinajstić information content (AvgIpc) is 2.49. The molecule has 2 aromatic rings. The number of hydrogen-bond acceptors (Lipinski definition) is 3. The van der Waals surface area contributed by atoms with Crippen molar-refractivity contribution in [1.29, 1.82) is 5.26 Å². The van der Waals surface area contributed by atoms with Gasteiger partial charge in [0.1, 0.15) is 11.9 Å². The number of hydrogen-bond donors (Lipinski definition) is 2. The molecule has 0 saturated carbocycles. The van der Waals surface area contributed by atoms with Crippen LogP contribution < -0.4 is 5.32 Å². The summed E-state index contributed by atoms with van der Waals surface area (Å²) in [6, 6.07) is 16.0. The van der Waals surface area contributed by atoms with E-state index in [4.69, 9.17) is 5.26 Å². The van der Waals surface area contributed by atoms with Gasteiger partial charge in [-0.15, -0.1) is 0 Å². The van der Waals surface area contributed by atoms with Crippen LogP contribution in [0.5, 0.6) is 0 Å². The molecule has 0 radical (unpaired) electrons. The van der Waals surface area contributed by atoms with Gasteiger partial charge in [-0.1, -0.05) is 42.5 Å². The fourth-order valence-corrected chi connectivity index (χ4v) is 2.84. The smallest absolute Gasteiger partial charge is 0.131 e. The molecular formula is C17H15FN2O. The van der Waals surface area contributed by atoms with Crippen LogP contribution >= 0.6 is 0 Å². The van der Waals surface area contributed by atoms with Crippen molar-refractivity contribution in [2.45, 2.75) is 18.0 Å². The Morgan fingerprint density at radius 2 is 1.86 bits per heavy atom. The Kier molecular flexibility index (Phi) is 3.70. The lowest BCUT2D eigenvalue weighted by Crippen LogP contribution is -2.60. The van der Waals surface area contributed by atoms with E-state index in [9.17, 15) is 9.50 Å². The summed E-state index contributed by atoms with van der Waals surface area (Å²) < 4.78 is 13.8. The van der Waals surface area contributed by atoms with Gasteiger partial charge < -0.3 is 5.11 Å². The van der Waals surface area contributed by atoms with Gasteiger partial charge in [-0.05, 0) is 17.2 Å². The zero-order valence-corrected chi connectivity index (χ0v) is 11.3. The number of nitrogens with zero attached hydrogens (tertiary/aromatic N) is 1. The number of nitrogens with one attached hydrogen (secondary N) is 1. The number of aliphatic hydroxyl groups is 1. The highest BCUT2D eigenvalue weighted by Gasteiger charge is 2.41. The molecule has 1 saturated heterocycles. The molecule has 1 fully saturated rings. The van der Waals surface area contributed by atoms with Gasteiger partial charge in [-0.2, -0.15) is 5.26 Å². The minimum Gasteiger partial charge on any atom is -0.395 e. The topological polar surface area (TPSA) is 56.0 Å². The molecule has 0 aromatic heterocycles. The molecule has 2 aromatic carbocycles. The third-order valence-electron chi connectivity index (χ3n) is 4.00. The zero-order valence-electron chi connectivity index (χ0n) is 11.3. The summed E-state index contributed by atoms with van der Waals surface area (Å²) in [6.07, 6.45) is 0. The summed E-state index contributed by atoms with van der Waals surface area (Å²) in [7, 11) is 0. The maximum atomic E-state index is 13.8. The van der Waals surface area contributed by atoms with Gasteiger partial charge in [-0.25, -0.2) is 4.39 Å². The summed E-state index contributed by atoms with van der Waals surface area (Å²) in [5.74, 6) is -0.270. The second-order valence-corrected chi connectivity index (χ2v) is 5.19. The molecule has 0 bridgehead atoms. The molecule has 21 heavy (non-hydrogen) atoms. The zero-order chi connectivity index (χ0) is 14.8. The Labute approximate surface area is 122 Å². The molecule has 3 atom stereocenters. The number of benzene rings is 2. The summed E-state index contributed by atoms with van der Waals surface area (Å²) in [5, 5.41) is 21.3. The largest absolute Gasteiger partial charge is 0.395 e. The molecule has 0 amide bonds. The molecule has 1 aliphatic heterocycles. The van der Waals surface area contributed by atoms with Crippen molar-refractivity contribution >= 4 is 0 Å². The van der Waals surface area contributed by atoms with E-state index >= 15 is 0 Å². The van der Waals surface area contributed by atoms with E-state index in [2.05, 4.69) is 11.4 Å². The maximum Gasteiger partial charge on any atom is 0.131 e. The van der Waals surface area contributed by atoms with Crippen molar-refractivity contribution in [1.82, 2.24) is 5.32 Å². The van der Waals surface area contributed by atoms with E-state index < -0.39 is 0 Å². The SMILES string of the molecule is N#CC1NC(CO)C1c1ccc(-c2ccccc2F)cc1. The summed E-state index contributed by atoms with van der Waals surface area (Å²) in [5.41, 5.74) is 2.35. The van der Waals surface area contributed by atoms with E-state index in [1.165, 1.54) is 6.07 Å². The highest BCUT2D eigenvalue weighted by Crippen LogP contribution is 2.33. The van der Waals surface area contributed by atoms with E-state index in [0.717, 1.165) is 11.1 Å². The molecule has 3 rings (SSSR count). The molecule has 0 aliphatic carbocycles. The lowest BCUT2D eigenvalue weighted by atomic mass is 9.78. The summed E-state index contributed by atoms with van der Waals surface area (Å²) in [6.45, 7) is -0.00207. The third-order valence-corrected chi connectivity index (χ3v) is 4.00. The lowest BCUT2D eigenvalue weighted by molar-refractivity contribution is 0.151. The van der Waals surface area contributed by atoms with Gasteiger partial charge in [0.05, 0.1) is 12.7 Å². The van der Waals surface area contributed by atoms with Crippen LogP contribution in [0.4, 0.5) is 4.39 Å². The molecule has 106 valence electrons. The first-order valence-electron chi connectivity index (χ1n) is 6.86. The first kappa shape index (κ1) is 13.7. The molecule has 0 spiro atoms. The fourth-order valence-electron chi connectivity index (χ4n) is 2.84. The summed E-state index contributed by atoms with van der Waals surface area (Å²) >= 11 is 0. The Morgan fingerprint density at radius 3 is 2.48 bits per heavy atom. The molecular weight excluding hydrogens is 267 g/mol. The van der Waals surface area contributed by atoms with Gasteiger partial charge in [0, 0.05) is 17.5 Å². The standard InChI is InChI=1S/C17H15FN2O/c18-14-4-2-1-3-13(14)11-5-7-12(8-6-11)17-15(9-19)20-16(17)10-21/h1-8,15-17,20-21H,10H2. The Balaban J connectivity index is 1.88. The predicted octanol–water partition coefficient (Wildman–Crippen LogP) is 2.43. The Morgan fingerprint density at radius 1 is 1.14 bits per heavy atom. The van der Waals surface area contributed by atoms with Crippen LogP contribution in [0.15, 0.2) is 48.5 Å². The number of aliphatic hydroxyl groups excluding tert-OH is 1. The monoisotopic (exact) mass is 282 g/mol. The molecule has 1 heterocycles. The van der Waals surface area contributed by atoms with E-state index in [1.54, 1.807) is 18.2 Å². The normalized spacial score (nSPS) is 24.1. The van der Waals surface area contributed by atoms with Crippen LogP contribution in [0, 0.1) is 17.1 Å². The Bertz CT molecular complexity index is 678. The van der Waals surface area contributed by atoms with Gasteiger partial charge in [0.2, 0.25) is 0 Å². The predicted molar refractivity (Wildman–Crippen MR) is 78.0 cm³/mol. The van der Waals surface area contributed by atoms with Crippen LogP contribution in [0.2, 0.25) is 0 Å². The first-order chi connectivity index (χ1) is 10.2. The molecule has 1 aliphatic rings. The fraction of sp³-hybridized carbons (Fsp3) is 0.235. The van der Waals surface area contributed by atoms with Crippen molar-refractivity contribution < 1.29 is 9.50 Å². The lowest BCUT2D eigenvalue weighted by Gasteiger charge is -2.41. The van der Waals surface area contributed by atoms with Crippen molar-refractivity contribution in [2.24, 2.45) is 0 Å². The van der Waals surface area contributed by atoms with Crippen molar-refractivity contribution in [3.63, 3.8) is 0 Å². The second kappa shape index (κ2) is 5.65. The van der Waals surface area contributed by atoms with Gasteiger partial charge in [0.15, 0.2) is 0 Å². The van der Waals surface area contributed by atoms with Gasteiger partial charge >= 0.3 is 0 Å². The van der Waals surface area contributed by atoms with E-state index in [0.29, 0.717) is 5.56 Å². The average molecular weight is 282 g/mol. The van der Waals surface area contributed by atoms with E-state index in [-0.39, 0.29) is 30.4 Å². The second-order valence-electron chi connectivity index (χ2n) is 5.19. The van der Waals surface area contributed by atoms with Crippen molar-refractivity contribution in [3.05, 3.63) is 59.9 Å². The third kappa shape index (κ3) is 2.42. The highest BCUT2D eigenvalue weighted by molar-refractivity contribution is 5.64. The van der Waals surface area contributed by atoms with Crippen LogP contribution in [-0.2, 0) is 0 Å². The molecule has 2 N–H and O–H groups in total. The van der Waals surface area contributed by atoms with Crippen LogP contribution in [-0.4, -0.2) is 23.8 Å². The van der Waals surface area contributed by atoms with Crippen LogP contribution in [0.1, 0.15) is 11.5 Å². The molecule has 4 heteroatoms. The quantitative estimate of drug-likeness (QED) is 0.909. The van der Waals surface area contributed by atoms with Crippen molar-refractivity contribution in [3.8, 4) is 17.2 Å². The highest BCUT2D eigenvalue weighted by atomic mass is 19.1. The number of rotatable bonds is 3. The molecule has 3 unspecified atom stereocenters. The number of halogens is 1. The minimum atomic E-state index is -0.276. The first-order valence-corrected chi connectivity index (χ1v) is 6.86. The summed E-state index contributed by atoms with van der Waals surface area (Å²) in [4.78, 5) is 0.